The zero-order valence-corrected chi connectivity index (χ0v) is 14.5. The molecule has 0 radical (unpaired) electrons. The summed E-state index contributed by atoms with van der Waals surface area (Å²) in [6.45, 7) is -3.25. The molecule has 27 heavy (non-hydrogen) atoms. The van der Waals surface area contributed by atoms with Crippen LogP contribution in [0.5, 0.6) is 17.2 Å². The van der Waals surface area contributed by atoms with Crippen LogP contribution in [-0.2, 0) is 9.53 Å². The van der Waals surface area contributed by atoms with Crippen molar-refractivity contribution < 1.29 is 37.3 Å². The van der Waals surface area contributed by atoms with Gasteiger partial charge in [-0.05, 0) is 42.5 Å². The molecule has 0 spiro atoms. The summed E-state index contributed by atoms with van der Waals surface area (Å²) in [4.78, 5) is 23.5. The molecule has 0 aliphatic carbocycles. The van der Waals surface area contributed by atoms with Gasteiger partial charge in [0.05, 0.1) is 19.8 Å². The molecule has 0 unspecified atom stereocenters. The second kappa shape index (κ2) is 9.37. The van der Waals surface area contributed by atoms with Crippen molar-refractivity contribution in [2.45, 2.75) is 6.61 Å². The maximum Gasteiger partial charge on any atom is 0.387 e. The maximum atomic E-state index is 12.1. The Labute approximate surface area is 153 Å². The molecule has 2 rings (SSSR count). The van der Waals surface area contributed by atoms with Crippen molar-refractivity contribution in [3.8, 4) is 17.2 Å². The van der Waals surface area contributed by atoms with Crippen LogP contribution in [0.2, 0.25) is 0 Å². The lowest BCUT2D eigenvalue weighted by Crippen LogP contribution is -2.20. The van der Waals surface area contributed by atoms with Crippen molar-refractivity contribution in [2.24, 2.45) is 0 Å². The number of nitrogens with one attached hydrogen (secondary N) is 1. The Balaban J connectivity index is 1.94. The van der Waals surface area contributed by atoms with Gasteiger partial charge in [-0.2, -0.15) is 8.78 Å². The van der Waals surface area contributed by atoms with Gasteiger partial charge in [0.1, 0.15) is 5.75 Å². The summed E-state index contributed by atoms with van der Waals surface area (Å²) in [7, 11) is 2.65. The summed E-state index contributed by atoms with van der Waals surface area (Å²) in [6.07, 6.45) is 0. The molecular weight excluding hydrogens is 364 g/mol. The molecule has 9 heteroatoms. The number of benzene rings is 2. The van der Waals surface area contributed by atoms with Crippen molar-refractivity contribution >= 4 is 17.6 Å². The Morgan fingerprint density at radius 2 is 1.74 bits per heavy atom. The predicted octanol–water partition coefficient (Wildman–Crippen LogP) is 3.10. The highest BCUT2D eigenvalue weighted by Gasteiger charge is 2.13. The Morgan fingerprint density at radius 1 is 1.04 bits per heavy atom. The Bertz CT molecular complexity index is 795. The van der Waals surface area contributed by atoms with Gasteiger partial charge in [-0.25, -0.2) is 4.79 Å². The quantitative estimate of drug-likeness (QED) is 0.708. The van der Waals surface area contributed by atoms with Gasteiger partial charge in [0.2, 0.25) is 0 Å². The van der Waals surface area contributed by atoms with E-state index >= 15 is 0 Å². The zero-order chi connectivity index (χ0) is 19.8. The first kappa shape index (κ1) is 20.0. The number of alkyl halides is 2. The van der Waals surface area contributed by atoms with Crippen molar-refractivity contribution in [1.82, 2.24) is 0 Å². The average molecular weight is 381 g/mol. The number of amides is 1. The van der Waals surface area contributed by atoms with E-state index in [-0.39, 0.29) is 29.4 Å². The number of carbonyl (C=O) groups excluding carboxylic acids is 2. The molecule has 0 aliphatic rings. The minimum absolute atomic E-state index is 0.0188. The molecule has 0 bridgehead atoms. The molecule has 7 nitrogen and oxygen atoms in total. The van der Waals surface area contributed by atoms with Gasteiger partial charge in [-0.1, -0.05) is 0 Å². The standard InChI is InChI=1S/C18H17F2NO6/c1-24-15-9-11(17(23)25-2)3-8-14(15)26-10-16(22)21-12-4-6-13(7-5-12)27-18(19)20/h3-9,18H,10H2,1-2H3,(H,21,22). The second-order valence-electron chi connectivity index (χ2n) is 5.10. The highest BCUT2D eigenvalue weighted by atomic mass is 19.3. The summed E-state index contributed by atoms with van der Waals surface area (Å²) in [6, 6.07) is 9.83. The fourth-order valence-electron chi connectivity index (χ4n) is 2.09. The third-order valence-corrected chi connectivity index (χ3v) is 3.31. The van der Waals surface area contributed by atoms with Crippen LogP contribution in [0.25, 0.3) is 0 Å². The van der Waals surface area contributed by atoms with E-state index in [0.717, 1.165) is 0 Å². The third kappa shape index (κ3) is 5.84. The molecule has 144 valence electrons. The summed E-state index contributed by atoms with van der Waals surface area (Å²) >= 11 is 0. The van der Waals surface area contributed by atoms with Crippen molar-refractivity contribution in [2.75, 3.05) is 26.1 Å². The highest BCUT2D eigenvalue weighted by molar-refractivity contribution is 5.92. The van der Waals surface area contributed by atoms with Gasteiger partial charge in [0, 0.05) is 5.69 Å². The van der Waals surface area contributed by atoms with Crippen LogP contribution in [0.3, 0.4) is 0 Å². The fourth-order valence-corrected chi connectivity index (χ4v) is 2.09. The van der Waals surface area contributed by atoms with E-state index < -0.39 is 18.5 Å². The van der Waals surface area contributed by atoms with E-state index in [2.05, 4.69) is 14.8 Å². The van der Waals surface area contributed by atoms with Crippen LogP contribution in [-0.4, -0.2) is 39.3 Å². The summed E-state index contributed by atoms with van der Waals surface area (Å²) in [5.41, 5.74) is 0.662. The summed E-state index contributed by atoms with van der Waals surface area (Å²) in [5, 5.41) is 2.55. The van der Waals surface area contributed by atoms with Crippen molar-refractivity contribution in [3.63, 3.8) is 0 Å². The number of hydrogen-bond donors (Lipinski definition) is 1. The van der Waals surface area contributed by atoms with Crippen LogP contribution in [0.4, 0.5) is 14.5 Å². The molecule has 2 aromatic carbocycles. The maximum absolute atomic E-state index is 12.1. The Kier molecular flexibility index (Phi) is 6.93. The van der Waals surface area contributed by atoms with Gasteiger partial charge >= 0.3 is 12.6 Å². The molecule has 0 saturated heterocycles. The van der Waals surface area contributed by atoms with Crippen LogP contribution in [0, 0.1) is 0 Å². The molecule has 0 atom stereocenters. The minimum atomic E-state index is -2.92. The van der Waals surface area contributed by atoms with Crippen molar-refractivity contribution in [1.29, 1.82) is 0 Å². The van der Waals surface area contributed by atoms with E-state index in [1.165, 1.54) is 56.7 Å². The number of hydrogen-bond acceptors (Lipinski definition) is 6. The van der Waals surface area contributed by atoms with Crippen molar-refractivity contribution in [3.05, 3.63) is 48.0 Å². The highest BCUT2D eigenvalue weighted by Crippen LogP contribution is 2.28. The van der Waals surface area contributed by atoms with E-state index in [1.807, 2.05) is 0 Å². The third-order valence-electron chi connectivity index (χ3n) is 3.31. The van der Waals surface area contributed by atoms with E-state index in [1.54, 1.807) is 0 Å². The molecule has 0 aliphatic heterocycles. The van der Waals surface area contributed by atoms with Gasteiger partial charge < -0.3 is 24.3 Å². The molecule has 0 fully saturated rings. The first-order chi connectivity index (χ1) is 12.9. The fraction of sp³-hybridized carbons (Fsp3) is 0.222. The second-order valence-corrected chi connectivity index (χ2v) is 5.10. The van der Waals surface area contributed by atoms with Crippen LogP contribution >= 0.6 is 0 Å². The molecule has 0 heterocycles. The number of esters is 1. The van der Waals surface area contributed by atoms with E-state index in [9.17, 15) is 18.4 Å². The van der Waals surface area contributed by atoms with Gasteiger partial charge in [-0.3, -0.25) is 4.79 Å². The van der Waals surface area contributed by atoms with Crippen LogP contribution in [0.1, 0.15) is 10.4 Å². The summed E-state index contributed by atoms with van der Waals surface area (Å²) < 4.78 is 43.6. The van der Waals surface area contributed by atoms with Gasteiger partial charge in [-0.15, -0.1) is 0 Å². The molecule has 1 N–H and O–H groups in total. The number of carbonyl (C=O) groups is 2. The number of methoxy groups -OCH3 is 2. The largest absolute Gasteiger partial charge is 0.493 e. The first-order valence-electron chi connectivity index (χ1n) is 7.67. The number of halogens is 2. The van der Waals surface area contributed by atoms with Gasteiger partial charge in [0.15, 0.2) is 18.1 Å². The number of ether oxygens (including phenoxy) is 4. The summed E-state index contributed by atoms with van der Waals surface area (Å²) in [5.74, 6) is -0.497. The molecule has 1 amide bonds. The first-order valence-corrected chi connectivity index (χ1v) is 7.67. The predicted molar refractivity (Wildman–Crippen MR) is 91.5 cm³/mol. The van der Waals surface area contributed by atoms with Crippen LogP contribution < -0.4 is 19.5 Å². The molecule has 0 saturated carbocycles. The number of anilines is 1. The Hall–Kier alpha value is -3.36. The molecular formula is C18H17F2NO6. The normalized spacial score (nSPS) is 10.3. The Morgan fingerprint density at radius 3 is 2.33 bits per heavy atom. The lowest BCUT2D eigenvalue weighted by Gasteiger charge is -2.12. The minimum Gasteiger partial charge on any atom is -0.493 e. The van der Waals surface area contributed by atoms with Crippen LogP contribution in [0.15, 0.2) is 42.5 Å². The van der Waals surface area contributed by atoms with E-state index in [0.29, 0.717) is 5.69 Å². The lowest BCUT2D eigenvalue weighted by molar-refractivity contribution is -0.118. The average Bonchev–Trinajstić information content (AvgIpc) is 2.66. The molecule has 2 aromatic rings. The number of rotatable bonds is 8. The van der Waals surface area contributed by atoms with Gasteiger partial charge in [0.25, 0.3) is 5.91 Å². The monoisotopic (exact) mass is 381 g/mol. The van der Waals surface area contributed by atoms with E-state index in [4.69, 9.17) is 9.47 Å². The SMILES string of the molecule is COC(=O)c1ccc(OCC(=O)Nc2ccc(OC(F)F)cc2)c(OC)c1. The zero-order valence-electron chi connectivity index (χ0n) is 14.5. The topological polar surface area (TPSA) is 83.1 Å². The molecule has 0 aromatic heterocycles. The smallest absolute Gasteiger partial charge is 0.387 e. The lowest BCUT2D eigenvalue weighted by atomic mass is 10.2.